The van der Waals surface area contributed by atoms with Gasteiger partial charge in [-0.1, -0.05) is 52.4 Å². The molecule has 0 aliphatic carbocycles. The zero-order valence-electron chi connectivity index (χ0n) is 13.2. The van der Waals surface area contributed by atoms with Gasteiger partial charge in [0, 0.05) is 19.7 Å². The van der Waals surface area contributed by atoms with Crippen LogP contribution < -0.4 is 0 Å². The third-order valence-electron chi connectivity index (χ3n) is 3.35. The summed E-state index contributed by atoms with van der Waals surface area (Å²) in [5.41, 5.74) is 0. The molecule has 0 rings (SSSR count). The lowest BCUT2D eigenvalue weighted by Gasteiger charge is -2.22. The van der Waals surface area contributed by atoms with Crippen LogP contribution in [0.15, 0.2) is 0 Å². The maximum Gasteiger partial charge on any atom is 0.248 e. The molecule has 0 fully saturated rings. The van der Waals surface area contributed by atoms with Gasteiger partial charge in [0.1, 0.15) is 6.61 Å². The summed E-state index contributed by atoms with van der Waals surface area (Å²) in [7, 11) is 0. The molecular formula is C16H33NO2. The average Bonchev–Trinajstić information content (AvgIpc) is 2.43. The molecule has 0 aromatic heterocycles. The summed E-state index contributed by atoms with van der Waals surface area (Å²) in [4.78, 5) is 14.0. The summed E-state index contributed by atoms with van der Waals surface area (Å²) in [6, 6.07) is 0. The van der Waals surface area contributed by atoms with E-state index in [0.29, 0.717) is 6.61 Å². The molecule has 19 heavy (non-hydrogen) atoms. The van der Waals surface area contributed by atoms with Gasteiger partial charge in [0.25, 0.3) is 0 Å². The van der Waals surface area contributed by atoms with E-state index in [1.165, 1.54) is 38.5 Å². The van der Waals surface area contributed by atoms with Crippen LogP contribution in [-0.2, 0) is 9.53 Å². The summed E-state index contributed by atoms with van der Waals surface area (Å²) < 4.78 is 5.24. The molecule has 0 aliphatic rings. The number of hydrogen-bond donors (Lipinski definition) is 0. The van der Waals surface area contributed by atoms with E-state index in [1.54, 1.807) is 0 Å². The predicted octanol–water partition coefficient (Wildman–Crippen LogP) is 4.01. The predicted molar refractivity (Wildman–Crippen MR) is 81.4 cm³/mol. The second-order valence-electron chi connectivity index (χ2n) is 5.14. The number of ether oxygens (including phenoxy) is 1. The Morgan fingerprint density at radius 1 is 0.842 bits per heavy atom. The second-order valence-corrected chi connectivity index (χ2v) is 5.14. The first-order valence-electron chi connectivity index (χ1n) is 8.11. The molecule has 0 radical (unpaired) electrons. The molecule has 0 saturated heterocycles. The van der Waals surface area contributed by atoms with Crippen molar-refractivity contribution >= 4 is 5.91 Å². The summed E-state index contributed by atoms with van der Waals surface area (Å²) >= 11 is 0. The van der Waals surface area contributed by atoms with Crippen LogP contribution in [0.2, 0.25) is 0 Å². The zero-order valence-corrected chi connectivity index (χ0v) is 13.2. The third kappa shape index (κ3) is 11.0. The van der Waals surface area contributed by atoms with Gasteiger partial charge in [-0.15, -0.1) is 0 Å². The fraction of sp³-hybridized carbons (Fsp3) is 0.938. The van der Waals surface area contributed by atoms with E-state index in [9.17, 15) is 4.79 Å². The molecule has 0 spiro atoms. The maximum absolute atomic E-state index is 12.0. The molecule has 114 valence electrons. The molecule has 3 nitrogen and oxygen atoms in total. The number of nitrogens with zero attached hydrogens (tertiary/aromatic N) is 1. The highest BCUT2D eigenvalue weighted by molar-refractivity contribution is 5.77. The Kier molecular flexibility index (Phi) is 13.4. The highest BCUT2D eigenvalue weighted by Crippen LogP contribution is 2.06. The monoisotopic (exact) mass is 271 g/mol. The van der Waals surface area contributed by atoms with Crippen LogP contribution in [0.5, 0.6) is 0 Å². The fourth-order valence-electron chi connectivity index (χ4n) is 2.10. The Morgan fingerprint density at radius 2 is 1.37 bits per heavy atom. The normalized spacial score (nSPS) is 10.7. The Morgan fingerprint density at radius 3 is 1.79 bits per heavy atom. The van der Waals surface area contributed by atoms with Gasteiger partial charge in [-0.2, -0.15) is 0 Å². The molecule has 0 unspecified atom stereocenters. The minimum absolute atomic E-state index is 0.162. The molecule has 0 aromatic rings. The first kappa shape index (κ1) is 18.4. The standard InChI is InChI=1S/C16H33NO2/c1-4-7-9-11-13-17(14-12-10-8-5-2)16(18)15-19-6-3/h4-15H2,1-3H3. The van der Waals surface area contributed by atoms with Crippen LogP contribution >= 0.6 is 0 Å². The van der Waals surface area contributed by atoms with Crippen molar-refractivity contribution in [3.05, 3.63) is 0 Å². The fourth-order valence-corrected chi connectivity index (χ4v) is 2.10. The van der Waals surface area contributed by atoms with Crippen LogP contribution in [0, 0.1) is 0 Å². The number of hydrogen-bond acceptors (Lipinski definition) is 2. The molecular weight excluding hydrogens is 238 g/mol. The minimum atomic E-state index is 0.162. The SMILES string of the molecule is CCCCCCN(CCCCCC)C(=O)COCC. The first-order chi connectivity index (χ1) is 9.26. The van der Waals surface area contributed by atoms with E-state index in [-0.39, 0.29) is 12.5 Å². The van der Waals surface area contributed by atoms with Crippen molar-refractivity contribution in [3.8, 4) is 0 Å². The summed E-state index contributed by atoms with van der Waals surface area (Å²) in [6.07, 6.45) is 9.71. The lowest BCUT2D eigenvalue weighted by molar-refractivity contribution is -0.136. The van der Waals surface area contributed by atoms with Gasteiger partial charge < -0.3 is 9.64 Å². The van der Waals surface area contributed by atoms with Crippen molar-refractivity contribution in [2.75, 3.05) is 26.3 Å². The van der Waals surface area contributed by atoms with E-state index in [0.717, 1.165) is 25.9 Å². The molecule has 0 aromatic carbocycles. The molecule has 0 N–H and O–H groups in total. The van der Waals surface area contributed by atoms with Gasteiger partial charge in [0.05, 0.1) is 0 Å². The van der Waals surface area contributed by atoms with Crippen molar-refractivity contribution in [2.24, 2.45) is 0 Å². The molecule has 0 saturated carbocycles. The van der Waals surface area contributed by atoms with E-state index < -0.39 is 0 Å². The molecule has 3 heteroatoms. The Balaban J connectivity index is 3.94. The summed E-state index contributed by atoms with van der Waals surface area (Å²) in [6.45, 7) is 9.02. The van der Waals surface area contributed by atoms with Gasteiger partial charge in [0.2, 0.25) is 5.91 Å². The molecule has 0 aliphatic heterocycles. The van der Waals surface area contributed by atoms with Crippen LogP contribution in [0.1, 0.15) is 72.1 Å². The van der Waals surface area contributed by atoms with Gasteiger partial charge in [0.15, 0.2) is 0 Å². The largest absolute Gasteiger partial charge is 0.372 e. The van der Waals surface area contributed by atoms with E-state index in [1.807, 2.05) is 11.8 Å². The Bertz CT molecular complexity index is 195. The Hall–Kier alpha value is -0.570. The number of carbonyl (C=O) groups is 1. The summed E-state index contributed by atoms with van der Waals surface area (Å²) in [5.74, 6) is 0.162. The van der Waals surface area contributed by atoms with Crippen LogP contribution in [0.3, 0.4) is 0 Å². The molecule has 1 amide bonds. The van der Waals surface area contributed by atoms with E-state index in [4.69, 9.17) is 4.74 Å². The van der Waals surface area contributed by atoms with Gasteiger partial charge >= 0.3 is 0 Å². The van der Waals surface area contributed by atoms with Crippen LogP contribution in [0.25, 0.3) is 0 Å². The lowest BCUT2D eigenvalue weighted by atomic mass is 10.1. The van der Waals surface area contributed by atoms with Crippen molar-refractivity contribution in [2.45, 2.75) is 72.1 Å². The Labute approximate surface area is 119 Å². The van der Waals surface area contributed by atoms with Crippen molar-refractivity contribution in [3.63, 3.8) is 0 Å². The number of unbranched alkanes of at least 4 members (excludes halogenated alkanes) is 6. The molecule has 0 heterocycles. The number of carbonyl (C=O) groups excluding carboxylic acids is 1. The van der Waals surface area contributed by atoms with E-state index in [2.05, 4.69) is 13.8 Å². The van der Waals surface area contributed by atoms with Crippen molar-refractivity contribution in [1.82, 2.24) is 4.90 Å². The zero-order chi connectivity index (χ0) is 14.3. The number of rotatable bonds is 13. The van der Waals surface area contributed by atoms with Crippen LogP contribution in [0.4, 0.5) is 0 Å². The average molecular weight is 271 g/mol. The van der Waals surface area contributed by atoms with Crippen LogP contribution in [-0.4, -0.2) is 37.1 Å². The van der Waals surface area contributed by atoms with Gasteiger partial charge in [-0.05, 0) is 19.8 Å². The quantitative estimate of drug-likeness (QED) is 0.474. The first-order valence-corrected chi connectivity index (χ1v) is 8.11. The highest BCUT2D eigenvalue weighted by atomic mass is 16.5. The topological polar surface area (TPSA) is 29.5 Å². The lowest BCUT2D eigenvalue weighted by Crippen LogP contribution is -2.35. The maximum atomic E-state index is 12.0. The van der Waals surface area contributed by atoms with E-state index >= 15 is 0 Å². The van der Waals surface area contributed by atoms with Gasteiger partial charge in [-0.3, -0.25) is 4.79 Å². The smallest absolute Gasteiger partial charge is 0.248 e. The second kappa shape index (κ2) is 13.9. The summed E-state index contributed by atoms with van der Waals surface area (Å²) in [5, 5.41) is 0. The molecule has 0 atom stereocenters. The minimum Gasteiger partial charge on any atom is -0.372 e. The van der Waals surface area contributed by atoms with Gasteiger partial charge in [-0.25, -0.2) is 0 Å². The highest BCUT2D eigenvalue weighted by Gasteiger charge is 2.12. The number of amides is 1. The van der Waals surface area contributed by atoms with Crippen molar-refractivity contribution in [1.29, 1.82) is 0 Å². The molecule has 0 bridgehead atoms. The third-order valence-corrected chi connectivity index (χ3v) is 3.35. The van der Waals surface area contributed by atoms with Crippen molar-refractivity contribution < 1.29 is 9.53 Å².